The first-order valence-electron chi connectivity index (χ1n) is 4.83. The van der Waals surface area contributed by atoms with Crippen LogP contribution in [0.2, 0.25) is 0 Å². The number of anilines is 1. The van der Waals surface area contributed by atoms with E-state index in [0.717, 1.165) is 0 Å². The molecule has 2 aromatic rings. The molecule has 0 atom stereocenters. The van der Waals surface area contributed by atoms with E-state index in [9.17, 15) is 4.39 Å². The highest BCUT2D eigenvalue weighted by atomic mass is 19.1. The van der Waals surface area contributed by atoms with Gasteiger partial charge in [0.1, 0.15) is 11.5 Å². The first kappa shape index (κ1) is 11.4. The van der Waals surface area contributed by atoms with Crippen LogP contribution in [0.25, 0.3) is 11.4 Å². The molecule has 0 saturated carbocycles. The van der Waals surface area contributed by atoms with Gasteiger partial charge < -0.3 is 15.9 Å². The first-order valence-corrected chi connectivity index (χ1v) is 4.83. The molecular weight excluding hydrogens is 225 g/mol. The Morgan fingerprint density at radius 2 is 1.94 bits per heavy atom. The summed E-state index contributed by atoms with van der Waals surface area (Å²) in [5, 5.41) is 18.1. The topological polar surface area (TPSA) is 92.3 Å². The molecular formula is C11H10FN3O2. The number of benzene rings is 1. The fourth-order valence-electron chi connectivity index (χ4n) is 1.38. The molecule has 0 aliphatic carbocycles. The van der Waals surface area contributed by atoms with Gasteiger partial charge in [-0.1, -0.05) is 12.1 Å². The summed E-state index contributed by atoms with van der Waals surface area (Å²) in [4.78, 5) is 7.68. The van der Waals surface area contributed by atoms with E-state index in [0.29, 0.717) is 0 Å². The zero-order valence-electron chi connectivity index (χ0n) is 8.71. The van der Waals surface area contributed by atoms with Gasteiger partial charge in [0.2, 0.25) is 0 Å². The van der Waals surface area contributed by atoms with Crippen LogP contribution in [0.4, 0.5) is 10.1 Å². The van der Waals surface area contributed by atoms with E-state index in [-0.39, 0.29) is 22.8 Å². The smallest absolute Gasteiger partial charge is 0.198 e. The van der Waals surface area contributed by atoms with Crippen LogP contribution >= 0.6 is 0 Å². The molecule has 0 saturated heterocycles. The van der Waals surface area contributed by atoms with Crippen LogP contribution < -0.4 is 5.73 Å². The van der Waals surface area contributed by atoms with Crippen molar-refractivity contribution in [3.63, 3.8) is 0 Å². The van der Waals surface area contributed by atoms with Gasteiger partial charge in [-0.2, -0.15) is 0 Å². The Kier molecular flexibility index (Phi) is 2.99. The van der Waals surface area contributed by atoms with Gasteiger partial charge in [0.05, 0.1) is 17.4 Å². The number of aliphatic hydroxyl groups excluding tert-OH is 1. The number of aromatic nitrogens is 2. The molecule has 0 unspecified atom stereocenters. The van der Waals surface area contributed by atoms with E-state index in [1.54, 1.807) is 6.07 Å². The van der Waals surface area contributed by atoms with Gasteiger partial charge in [0.25, 0.3) is 0 Å². The minimum atomic E-state index is -1.82. The average Bonchev–Trinajstić information content (AvgIpc) is 2.30. The molecule has 0 fully saturated rings. The van der Waals surface area contributed by atoms with Gasteiger partial charge in [-0.05, 0) is 12.1 Å². The summed E-state index contributed by atoms with van der Waals surface area (Å²) in [5.41, 5.74) is 5.54. The van der Waals surface area contributed by atoms with Crippen molar-refractivity contribution < 1.29 is 14.6 Å². The number of nitrogens with two attached hydrogens (primary N) is 1. The minimum absolute atomic E-state index is 0.0417. The van der Waals surface area contributed by atoms with Crippen molar-refractivity contribution in [3.8, 4) is 11.4 Å². The van der Waals surface area contributed by atoms with Gasteiger partial charge in [-0.15, -0.1) is 0 Å². The lowest BCUT2D eigenvalue weighted by atomic mass is 10.2. The summed E-state index contributed by atoms with van der Waals surface area (Å²) >= 11 is 0. The second-order valence-electron chi connectivity index (χ2n) is 3.39. The molecule has 0 bridgehead atoms. The molecule has 0 aliphatic rings. The van der Waals surface area contributed by atoms with Crippen LogP contribution in [0, 0.1) is 5.82 Å². The number of hydrogen-bond donors (Lipinski definition) is 3. The predicted octanol–water partition coefficient (Wildman–Crippen LogP) is 0.848. The van der Waals surface area contributed by atoms with Gasteiger partial charge in [0, 0.05) is 0 Å². The maximum Gasteiger partial charge on any atom is 0.198 e. The quantitative estimate of drug-likeness (QED) is 0.671. The fourth-order valence-corrected chi connectivity index (χ4v) is 1.38. The lowest BCUT2D eigenvalue weighted by Crippen LogP contribution is -2.06. The molecule has 1 aromatic carbocycles. The first-order chi connectivity index (χ1) is 8.09. The van der Waals surface area contributed by atoms with Gasteiger partial charge in [0.15, 0.2) is 12.1 Å². The Hall–Kier alpha value is -2.05. The number of halogens is 1. The van der Waals surface area contributed by atoms with Crippen LogP contribution in [-0.2, 0) is 0 Å². The average molecular weight is 235 g/mol. The third-order valence-corrected chi connectivity index (χ3v) is 2.21. The number of rotatable bonds is 2. The Labute approximate surface area is 96.4 Å². The Morgan fingerprint density at radius 1 is 1.24 bits per heavy atom. The molecule has 88 valence electrons. The van der Waals surface area contributed by atoms with Crippen molar-refractivity contribution in [1.29, 1.82) is 0 Å². The van der Waals surface area contributed by atoms with Crippen LogP contribution in [0.5, 0.6) is 0 Å². The number of nitrogen functional groups attached to an aromatic ring is 1. The van der Waals surface area contributed by atoms with Crippen LogP contribution in [0.1, 0.15) is 12.0 Å². The zero-order valence-corrected chi connectivity index (χ0v) is 8.71. The van der Waals surface area contributed by atoms with Crippen LogP contribution in [0.3, 0.4) is 0 Å². The summed E-state index contributed by atoms with van der Waals surface area (Å²) in [5.74, 6) is -0.434. The molecule has 0 amide bonds. The van der Waals surface area contributed by atoms with E-state index >= 15 is 0 Å². The van der Waals surface area contributed by atoms with E-state index in [4.69, 9.17) is 15.9 Å². The van der Waals surface area contributed by atoms with Gasteiger partial charge >= 0.3 is 0 Å². The third-order valence-electron chi connectivity index (χ3n) is 2.21. The van der Waals surface area contributed by atoms with Crippen molar-refractivity contribution >= 4 is 5.69 Å². The summed E-state index contributed by atoms with van der Waals surface area (Å²) in [6.07, 6.45) is -0.604. The maximum atomic E-state index is 13.5. The summed E-state index contributed by atoms with van der Waals surface area (Å²) in [6, 6.07) is 5.93. The van der Waals surface area contributed by atoms with Crippen molar-refractivity contribution in [2.24, 2.45) is 0 Å². The minimum Gasteiger partial charge on any atom is -0.396 e. The second-order valence-corrected chi connectivity index (χ2v) is 3.39. The molecule has 0 aliphatic heterocycles. The molecule has 0 radical (unpaired) electrons. The van der Waals surface area contributed by atoms with E-state index in [2.05, 4.69) is 9.97 Å². The highest BCUT2D eigenvalue weighted by Gasteiger charge is 2.14. The van der Waals surface area contributed by atoms with Crippen molar-refractivity contribution in [3.05, 3.63) is 42.0 Å². The van der Waals surface area contributed by atoms with Crippen molar-refractivity contribution in [2.45, 2.75) is 6.29 Å². The molecule has 6 heteroatoms. The predicted molar refractivity (Wildman–Crippen MR) is 59.0 cm³/mol. The fraction of sp³-hybridized carbons (Fsp3) is 0.0909. The Balaban J connectivity index is 2.54. The normalized spacial score (nSPS) is 10.8. The van der Waals surface area contributed by atoms with E-state index in [1.165, 1.54) is 24.4 Å². The summed E-state index contributed by atoms with van der Waals surface area (Å²) < 4.78 is 13.5. The zero-order chi connectivity index (χ0) is 12.4. The third kappa shape index (κ3) is 2.22. The Morgan fingerprint density at radius 3 is 2.59 bits per heavy atom. The molecule has 1 heterocycles. The number of hydrogen-bond acceptors (Lipinski definition) is 5. The van der Waals surface area contributed by atoms with Crippen LogP contribution in [0.15, 0.2) is 30.5 Å². The molecule has 0 spiro atoms. The van der Waals surface area contributed by atoms with Gasteiger partial charge in [-0.3, -0.25) is 0 Å². The van der Waals surface area contributed by atoms with Crippen molar-refractivity contribution in [1.82, 2.24) is 9.97 Å². The SMILES string of the molecule is Nc1cnc(-c2ccccc2F)nc1C(O)O. The molecule has 5 nitrogen and oxygen atoms in total. The van der Waals surface area contributed by atoms with E-state index in [1.807, 2.05) is 0 Å². The van der Waals surface area contributed by atoms with Crippen molar-refractivity contribution in [2.75, 3.05) is 5.73 Å². The van der Waals surface area contributed by atoms with Crippen LogP contribution in [-0.4, -0.2) is 20.2 Å². The second kappa shape index (κ2) is 4.44. The maximum absolute atomic E-state index is 13.5. The standard InChI is InChI=1S/C11H10FN3O2/c12-7-4-2-1-3-6(7)10-14-5-8(13)9(15-10)11(16)17/h1-5,11,16-17H,13H2. The summed E-state index contributed by atoms with van der Waals surface area (Å²) in [7, 11) is 0. The molecule has 1 aromatic heterocycles. The molecule has 2 rings (SSSR count). The summed E-state index contributed by atoms with van der Waals surface area (Å²) in [6.45, 7) is 0. The lowest BCUT2D eigenvalue weighted by Gasteiger charge is -2.08. The monoisotopic (exact) mass is 235 g/mol. The molecule has 17 heavy (non-hydrogen) atoms. The highest BCUT2D eigenvalue weighted by molar-refractivity contribution is 5.57. The lowest BCUT2D eigenvalue weighted by molar-refractivity contribution is -0.0451. The van der Waals surface area contributed by atoms with Gasteiger partial charge in [-0.25, -0.2) is 14.4 Å². The number of aliphatic hydroxyl groups is 2. The highest BCUT2D eigenvalue weighted by Crippen LogP contribution is 2.22. The Bertz CT molecular complexity index is 546. The number of nitrogens with zero attached hydrogens (tertiary/aromatic N) is 2. The van der Waals surface area contributed by atoms with E-state index < -0.39 is 12.1 Å². The molecule has 4 N–H and O–H groups in total. The largest absolute Gasteiger partial charge is 0.396 e.